The number of nitrogens with zero attached hydrogens (tertiary/aromatic N) is 3. The van der Waals surface area contributed by atoms with Crippen LogP contribution in [0.3, 0.4) is 0 Å². The van der Waals surface area contributed by atoms with Gasteiger partial charge in [0.2, 0.25) is 11.7 Å². The van der Waals surface area contributed by atoms with Crippen molar-refractivity contribution >= 4 is 88.0 Å². The molecule has 23 atom stereocenters. The van der Waals surface area contributed by atoms with Crippen LogP contribution in [0.2, 0.25) is 5.02 Å². The Morgan fingerprint density at radius 1 is 0.738 bits per heavy atom. The molecule has 2 saturated carbocycles. The fourth-order valence-electron chi connectivity index (χ4n) is 16.4. The van der Waals surface area contributed by atoms with Crippen LogP contribution in [0, 0.1) is 17.2 Å². The molecule has 6 fully saturated rings. The number of Topliss-reactive ketones (excluding diaryl/α,β-unsaturated/α-hetero) is 2. The standard InChI is InChI=1S/C22H23ClN2O8.C21H41N7O12.C16H18N2O5S.C16H20N2.C7H7NO3/c1-21(32)7-6-8-15(25(2)3)17(28)13(20(24)31)19(30)22(8,33)18(29)11(7)16(27)12-10(26)5-4-9(23)14(12)21;1-5-21(36,4-30)16(40-17-9(26-2)13(34)10(31)6(3-29)38-17)18(37-5)39-15-8(28-20(24)25)11(32)7(27-19(22)23)12(33)14(15)35;1-16(2)12(15(21)22)18-13(20)11(14(18)24-16)17-10(19)8-23-9-6-4-3-5-7-9;1-3-7-15(8-4-1)13-17-11-12-18-14-16-9-5-2-6-10-16;8-4-1-2-5(7(10)11)6(9)3-4/h4-5,7-8,15,26-27,30,32-33H,6H2,1-3H3,(H2,24,31);5-18,26,29-36H,3-4H2,1-2H3,(H4,22,23,27)(H4,24,25,28);3-7,11-12,14H,8H2,1-2H3,(H,17,19)(H,21,22);1-10,17-18H,11-14H2;1-3,9H,8H2,(H,10,11)/t7?,8-,15-,21-,22-;5-,6-,7+,8-,9-,10-,11+,12-,13-,14+,15?,16-,17-,18-,21+;11-,12+,14-;;/m001../s1. The Kier molecular flexibility index (Phi) is 32.7. The molecule has 32 N–H and O–H groups in total. The number of carbonyl (C=O) groups is 7. The van der Waals surface area contributed by atoms with Crippen molar-refractivity contribution in [2.24, 2.45) is 39.8 Å². The van der Waals surface area contributed by atoms with E-state index < -0.39 is 226 Å². The second-order valence-corrected chi connectivity index (χ2v) is 34.0. The van der Waals surface area contributed by atoms with Gasteiger partial charge in [-0.3, -0.25) is 34.3 Å². The number of phenolic OH excluding ortho intramolecular Hbond substituents is 1. The quantitative estimate of drug-likeness (QED) is 0.00700. The topological polar surface area (TPSA) is 722 Å². The number of benzene rings is 5. The lowest BCUT2D eigenvalue weighted by Crippen LogP contribution is -2.70. The molecule has 4 heterocycles. The maximum absolute atomic E-state index is 13.7. The first-order valence-corrected chi connectivity index (χ1v) is 40.8. The maximum Gasteiger partial charge on any atom is 0.339 e. The number of aliphatic imine (C=N–C) groups is 1. The van der Waals surface area contributed by atoms with Crippen LogP contribution in [0.4, 0.5) is 5.69 Å². The molecule has 2 unspecified atom stereocenters. The summed E-state index contributed by atoms with van der Waals surface area (Å²) in [6, 6.07) is 29.4. The molecule has 4 aliphatic heterocycles. The average molecular weight is 1810 g/mol. The zero-order chi connectivity index (χ0) is 93.3. The second kappa shape index (κ2) is 41.5. The molecule has 688 valence electrons. The number of aromatic hydroxyl groups is 2. The van der Waals surface area contributed by atoms with Gasteiger partial charge in [0.15, 0.2) is 42.5 Å². The Morgan fingerprint density at radius 3 is 1.84 bits per heavy atom. The van der Waals surface area contributed by atoms with Gasteiger partial charge < -0.3 is 166 Å². The largest absolute Gasteiger partial charge is 0.508 e. The number of fused-ring (bicyclic) bond motifs is 4. The number of phenols is 2. The molecular weight excluding hydrogens is 1700 g/mol. The highest BCUT2D eigenvalue weighted by atomic mass is 35.5. The van der Waals surface area contributed by atoms with E-state index >= 15 is 0 Å². The van der Waals surface area contributed by atoms with E-state index in [2.05, 4.69) is 80.1 Å². The van der Waals surface area contributed by atoms with Crippen LogP contribution in [-0.4, -0.2) is 324 Å². The Bertz CT molecular complexity index is 4790. The van der Waals surface area contributed by atoms with Crippen LogP contribution < -0.4 is 60.0 Å². The number of ketones is 2. The van der Waals surface area contributed by atoms with Gasteiger partial charge in [-0.2, -0.15) is 0 Å². The van der Waals surface area contributed by atoms with E-state index in [1.165, 1.54) is 98.0 Å². The molecule has 126 heavy (non-hydrogen) atoms. The van der Waals surface area contributed by atoms with E-state index in [-0.39, 0.29) is 51.8 Å². The number of hydrogen-bond acceptors (Lipinski definition) is 34. The van der Waals surface area contributed by atoms with Crippen LogP contribution in [0.25, 0.3) is 5.76 Å². The molecule has 13 rings (SSSR count). The van der Waals surface area contributed by atoms with E-state index in [4.69, 9.17) is 79.6 Å². The van der Waals surface area contributed by atoms with E-state index in [0.29, 0.717) is 11.4 Å². The number of aliphatic carboxylic acids is 1. The fourth-order valence-corrected chi connectivity index (χ4v) is 18.4. The number of β-lactam (4-membered cyclic amide) rings is 1. The summed E-state index contributed by atoms with van der Waals surface area (Å²) in [6.07, 6.45) is -17.2. The number of nitrogen functional groups attached to an aromatic ring is 1. The summed E-state index contributed by atoms with van der Waals surface area (Å²) in [4.78, 5) is 91.2. The van der Waals surface area contributed by atoms with E-state index in [1.54, 1.807) is 38.1 Å². The molecule has 0 spiro atoms. The van der Waals surface area contributed by atoms with Gasteiger partial charge in [0.25, 0.3) is 11.8 Å². The number of carboxylic acids is 2. The summed E-state index contributed by atoms with van der Waals surface area (Å²) in [5, 5.41) is 188. The number of likely N-dealkylation sites (N-methyl/N-ethyl adjacent to an activating group) is 2. The molecule has 44 heteroatoms. The van der Waals surface area contributed by atoms with Gasteiger partial charge in [-0.05, 0) is 103 Å². The van der Waals surface area contributed by atoms with Crippen LogP contribution >= 0.6 is 23.4 Å². The summed E-state index contributed by atoms with van der Waals surface area (Å²) in [7, 11) is 4.41. The number of anilines is 1. The first-order chi connectivity index (χ1) is 59.3. The molecule has 3 amide bonds. The first-order valence-electron chi connectivity index (χ1n) is 39.5. The van der Waals surface area contributed by atoms with Crippen molar-refractivity contribution in [2.45, 2.75) is 178 Å². The minimum absolute atomic E-state index is 0.0187. The van der Waals surface area contributed by atoms with Crippen molar-refractivity contribution in [1.82, 2.24) is 36.4 Å². The number of aromatic carboxylic acids is 1. The minimum Gasteiger partial charge on any atom is -0.508 e. The van der Waals surface area contributed by atoms with Crippen LogP contribution in [0.5, 0.6) is 17.2 Å². The summed E-state index contributed by atoms with van der Waals surface area (Å²) in [5.41, 5.74) is 21.1. The smallest absolute Gasteiger partial charge is 0.339 e. The summed E-state index contributed by atoms with van der Waals surface area (Å²) < 4.78 is 27.9. The molecular formula is C82H109ClN14O28S. The average Bonchev–Trinajstić information content (AvgIpc) is 1.00. The summed E-state index contributed by atoms with van der Waals surface area (Å²) in [6.45, 7) is 8.37. The number of nitrogens with two attached hydrogens (primary N) is 5. The molecule has 0 radical (unpaired) electrons. The van der Waals surface area contributed by atoms with E-state index in [9.17, 15) is 105 Å². The van der Waals surface area contributed by atoms with E-state index in [1.807, 2.05) is 18.2 Å². The predicted molar refractivity (Wildman–Crippen MR) is 452 cm³/mol. The van der Waals surface area contributed by atoms with Crippen LogP contribution in [0.1, 0.15) is 66.7 Å². The number of primary amides is 1. The van der Waals surface area contributed by atoms with Crippen molar-refractivity contribution in [3.05, 3.63) is 171 Å². The van der Waals surface area contributed by atoms with Crippen molar-refractivity contribution < 1.29 is 139 Å². The number of aliphatic hydroxyl groups excluding tert-OH is 9. The number of rotatable bonds is 24. The van der Waals surface area contributed by atoms with Crippen molar-refractivity contribution in [2.75, 3.05) is 59.8 Å². The van der Waals surface area contributed by atoms with E-state index in [0.717, 1.165) is 26.2 Å². The van der Waals surface area contributed by atoms with Gasteiger partial charge in [-0.1, -0.05) is 90.5 Å². The highest BCUT2D eigenvalue weighted by molar-refractivity contribution is 8.01. The number of hydrogen-bond donors (Lipinski definition) is 27. The van der Waals surface area contributed by atoms with Gasteiger partial charge in [0, 0.05) is 70.7 Å². The number of halogens is 1. The number of guanidine groups is 2. The van der Waals surface area contributed by atoms with Gasteiger partial charge in [-0.25, -0.2) is 14.6 Å². The normalized spacial score (nSPS) is 31.4. The lowest BCUT2D eigenvalue weighted by atomic mass is 9.54. The lowest BCUT2D eigenvalue weighted by Gasteiger charge is -2.53. The van der Waals surface area contributed by atoms with Crippen LogP contribution in [0.15, 0.2) is 143 Å². The second-order valence-electron chi connectivity index (χ2n) is 31.8. The van der Waals surface area contributed by atoms with Gasteiger partial charge >= 0.3 is 11.9 Å². The zero-order valence-electron chi connectivity index (χ0n) is 69.3. The third-order valence-electron chi connectivity index (χ3n) is 22.8. The monoisotopic (exact) mass is 1800 g/mol. The number of aliphatic hydroxyl groups is 12. The Labute approximate surface area is 731 Å². The van der Waals surface area contributed by atoms with Crippen molar-refractivity contribution in [3.8, 4) is 17.2 Å². The lowest BCUT2D eigenvalue weighted by molar-refractivity contribution is -0.318. The number of amides is 3. The third kappa shape index (κ3) is 21.0. The van der Waals surface area contributed by atoms with Crippen molar-refractivity contribution in [1.29, 1.82) is 5.41 Å². The minimum atomic E-state index is -2.78. The molecule has 4 aliphatic carbocycles. The molecule has 8 aliphatic rings. The number of carboxylic acid groups (broad SMARTS) is 2. The Morgan fingerprint density at radius 2 is 1.33 bits per heavy atom. The highest BCUT2D eigenvalue weighted by Crippen LogP contribution is 2.59. The molecule has 4 saturated heterocycles. The first kappa shape index (κ1) is 99.3. The number of ether oxygens (including phenoxy) is 5. The third-order valence-corrected chi connectivity index (χ3v) is 24.7. The van der Waals surface area contributed by atoms with Crippen molar-refractivity contribution in [3.63, 3.8) is 0 Å². The molecule has 42 nitrogen and oxygen atoms in total. The molecule has 0 bridgehead atoms. The number of para-hydroxylation sites is 1. The van der Waals surface area contributed by atoms with Gasteiger partial charge in [-0.15, -0.1) is 11.8 Å². The number of nitrogens with one attached hydrogen (secondary N) is 6. The fraction of sp³-hybridized carbons (Fsp3) is 0.476. The zero-order valence-corrected chi connectivity index (χ0v) is 70.9. The predicted octanol–water partition coefficient (Wildman–Crippen LogP) is -3.94. The van der Waals surface area contributed by atoms with Crippen LogP contribution in [-0.2, 0) is 66.4 Å². The summed E-state index contributed by atoms with van der Waals surface area (Å²) >= 11 is 7.67. The molecule has 5 aromatic rings. The molecule has 0 aromatic heterocycles. The number of thioether (sulfide) groups is 1. The Hall–Kier alpha value is -10.5. The van der Waals surface area contributed by atoms with Gasteiger partial charge in [0.1, 0.15) is 118 Å². The summed E-state index contributed by atoms with van der Waals surface area (Å²) in [5.74, 6) is -12.1. The maximum atomic E-state index is 13.7. The SMILES string of the molecule is CC1(C)S[C@@H]2[C@H](NC(=O)COc3ccccc3)C(=O)N2[C@H]1C(=O)O.CN(C)[C@@H]1C(=O)C(C(N)=O)=C(O)[C@@]2(O)C(=O)C3=C(O)c4c(O)ccc(Cl)c4[C@@](C)(O)C3C[C@@H]12.CN[C@@H]1[C@H](O[C@H]2[C@H](OC3[C@@H](NC(=N)N)[C@H](O)[C@@H](N=C(N)N)[C@H](O)[C@H]3O)O[C@@H](C)[C@]2(O)CO)O[C@@H](CO)[C@H](O)[C@H]1O.Nc1ccc(C(=O)O)c(O)c1.c1ccc(CNCCNCc2ccccc2)cc1. The highest BCUT2D eigenvalue weighted by Gasteiger charge is 2.68. The molecule has 5 aromatic carbocycles. The van der Waals surface area contributed by atoms with Gasteiger partial charge in [0.05, 0.1) is 48.6 Å². The Balaban J connectivity index is 0.000000188. The number of carbonyl (C=O) groups excluding carboxylic acids is 5.